The van der Waals surface area contributed by atoms with Gasteiger partial charge < -0.3 is 0 Å². The van der Waals surface area contributed by atoms with E-state index in [1.807, 2.05) is 0 Å². The minimum atomic E-state index is 1.11. The lowest BCUT2D eigenvalue weighted by Gasteiger charge is -1.87. The summed E-state index contributed by atoms with van der Waals surface area (Å²) in [5.41, 5.74) is 8.21. The molecule has 0 unspecified atom stereocenters. The lowest BCUT2D eigenvalue weighted by Crippen LogP contribution is -1.70. The summed E-state index contributed by atoms with van der Waals surface area (Å²) < 4.78 is 0. The van der Waals surface area contributed by atoms with Crippen LogP contribution in [-0.4, -0.2) is 0 Å². The van der Waals surface area contributed by atoms with Gasteiger partial charge in [0, 0.05) is 11.1 Å². The molecule has 0 aromatic heterocycles. The van der Waals surface area contributed by atoms with E-state index in [1.54, 1.807) is 0 Å². The SMILES string of the molecule is C=C=C1CCCC1=C=C. The van der Waals surface area contributed by atoms with Crippen molar-refractivity contribution in [1.82, 2.24) is 0 Å². The summed E-state index contributed by atoms with van der Waals surface area (Å²) in [7, 11) is 0. The van der Waals surface area contributed by atoms with Crippen molar-refractivity contribution >= 4 is 0 Å². The number of rotatable bonds is 0. The Morgan fingerprint density at radius 2 is 1.44 bits per heavy atom. The molecule has 0 spiro atoms. The van der Waals surface area contributed by atoms with E-state index >= 15 is 0 Å². The van der Waals surface area contributed by atoms with Gasteiger partial charge in [-0.15, -0.1) is 11.5 Å². The van der Waals surface area contributed by atoms with E-state index in [1.165, 1.54) is 17.6 Å². The normalized spacial score (nSPS) is 17.3. The van der Waals surface area contributed by atoms with Gasteiger partial charge in [0.2, 0.25) is 0 Å². The maximum atomic E-state index is 3.59. The molecule has 0 nitrogen and oxygen atoms in total. The molecular weight excluding hydrogens is 108 g/mol. The third-order valence-corrected chi connectivity index (χ3v) is 1.64. The summed E-state index contributed by atoms with van der Waals surface area (Å²) in [5, 5.41) is 0. The van der Waals surface area contributed by atoms with Crippen LogP contribution in [-0.2, 0) is 0 Å². The summed E-state index contributed by atoms with van der Waals surface area (Å²) in [4.78, 5) is 0. The molecule has 1 fully saturated rings. The fraction of sp³-hybridized carbons (Fsp3) is 0.333. The van der Waals surface area contributed by atoms with Crippen molar-refractivity contribution < 1.29 is 0 Å². The first-order chi connectivity index (χ1) is 4.38. The monoisotopic (exact) mass is 118 g/mol. The van der Waals surface area contributed by atoms with Crippen LogP contribution in [0.25, 0.3) is 0 Å². The highest BCUT2D eigenvalue weighted by Crippen LogP contribution is 2.27. The molecule has 0 heterocycles. The highest BCUT2D eigenvalue weighted by atomic mass is 14.1. The predicted molar refractivity (Wildman–Crippen MR) is 39.2 cm³/mol. The van der Waals surface area contributed by atoms with E-state index in [2.05, 4.69) is 24.6 Å². The van der Waals surface area contributed by atoms with Gasteiger partial charge in [-0.25, -0.2) is 0 Å². The molecular formula is C9H10. The largest absolute Gasteiger partial charge is 0.124 e. The molecule has 0 saturated heterocycles. The molecule has 9 heavy (non-hydrogen) atoms. The van der Waals surface area contributed by atoms with Crippen LogP contribution >= 0.6 is 0 Å². The van der Waals surface area contributed by atoms with Crippen LogP contribution < -0.4 is 0 Å². The van der Waals surface area contributed by atoms with E-state index in [9.17, 15) is 0 Å². The first kappa shape index (κ1) is 6.16. The minimum Gasteiger partial charge on any atom is -0.124 e. The fourth-order valence-corrected chi connectivity index (χ4v) is 1.13. The Kier molecular flexibility index (Phi) is 1.75. The molecule has 0 aliphatic heterocycles. The highest BCUT2D eigenvalue weighted by molar-refractivity contribution is 5.32. The van der Waals surface area contributed by atoms with Crippen molar-refractivity contribution in [2.24, 2.45) is 0 Å². The van der Waals surface area contributed by atoms with Crippen LogP contribution in [0.1, 0.15) is 19.3 Å². The second-order valence-corrected chi connectivity index (χ2v) is 2.16. The Morgan fingerprint density at radius 1 is 1.00 bits per heavy atom. The number of hydrogen-bond acceptors (Lipinski definition) is 0. The van der Waals surface area contributed by atoms with Crippen LogP contribution in [0.4, 0.5) is 0 Å². The average molecular weight is 118 g/mol. The lowest BCUT2D eigenvalue weighted by atomic mass is 10.2. The molecule has 0 aromatic carbocycles. The maximum absolute atomic E-state index is 3.59. The Hall–Kier alpha value is -0.960. The minimum absolute atomic E-state index is 1.11. The van der Waals surface area contributed by atoms with Crippen LogP contribution in [0, 0.1) is 0 Å². The second-order valence-electron chi connectivity index (χ2n) is 2.16. The van der Waals surface area contributed by atoms with Gasteiger partial charge in [-0.1, -0.05) is 13.2 Å². The van der Waals surface area contributed by atoms with Gasteiger partial charge in [0.25, 0.3) is 0 Å². The van der Waals surface area contributed by atoms with Crippen molar-refractivity contribution in [3.63, 3.8) is 0 Å². The molecule has 0 bridgehead atoms. The molecule has 0 radical (unpaired) electrons. The summed E-state index contributed by atoms with van der Waals surface area (Å²) >= 11 is 0. The first-order valence-electron chi connectivity index (χ1n) is 3.16. The van der Waals surface area contributed by atoms with Crippen LogP contribution in [0.5, 0.6) is 0 Å². The standard InChI is InChI=1S/C9H10/c1-3-8-6-5-7-9(8)4-2/h1-2,5-7H2. The van der Waals surface area contributed by atoms with Crippen LogP contribution in [0.2, 0.25) is 0 Å². The smallest absolute Gasteiger partial charge is 0.00424 e. The van der Waals surface area contributed by atoms with Gasteiger partial charge in [0.15, 0.2) is 0 Å². The highest BCUT2D eigenvalue weighted by Gasteiger charge is 2.10. The first-order valence-corrected chi connectivity index (χ1v) is 3.16. The molecule has 0 heteroatoms. The van der Waals surface area contributed by atoms with Crippen LogP contribution in [0.3, 0.4) is 0 Å². The molecule has 0 amide bonds. The summed E-state index contributed by atoms with van der Waals surface area (Å²) in [5.74, 6) is 0. The summed E-state index contributed by atoms with van der Waals surface area (Å²) in [6.07, 6.45) is 3.44. The Morgan fingerprint density at radius 3 is 1.78 bits per heavy atom. The zero-order valence-electron chi connectivity index (χ0n) is 5.54. The zero-order chi connectivity index (χ0) is 6.69. The van der Waals surface area contributed by atoms with E-state index in [4.69, 9.17) is 0 Å². The van der Waals surface area contributed by atoms with Crippen molar-refractivity contribution in [3.8, 4) is 0 Å². The maximum Gasteiger partial charge on any atom is 0.00424 e. The van der Waals surface area contributed by atoms with Gasteiger partial charge >= 0.3 is 0 Å². The molecule has 0 atom stereocenters. The predicted octanol–water partition coefficient (Wildman–Crippen LogP) is 2.59. The van der Waals surface area contributed by atoms with E-state index in [0.29, 0.717) is 0 Å². The molecule has 46 valence electrons. The van der Waals surface area contributed by atoms with E-state index in [-0.39, 0.29) is 0 Å². The third kappa shape index (κ3) is 1.05. The Labute approximate surface area is 55.9 Å². The Bertz CT molecular complexity index is 184. The topological polar surface area (TPSA) is 0 Å². The average Bonchev–Trinajstić information content (AvgIpc) is 2.33. The van der Waals surface area contributed by atoms with E-state index in [0.717, 1.165) is 12.8 Å². The molecule has 1 aliphatic rings. The molecule has 0 aromatic rings. The van der Waals surface area contributed by atoms with Gasteiger partial charge in [0.05, 0.1) is 0 Å². The van der Waals surface area contributed by atoms with Crippen molar-refractivity contribution in [2.75, 3.05) is 0 Å². The third-order valence-electron chi connectivity index (χ3n) is 1.64. The molecule has 1 aliphatic carbocycles. The second kappa shape index (κ2) is 2.55. The molecule has 1 saturated carbocycles. The summed E-state index contributed by atoms with van der Waals surface area (Å²) in [6, 6.07) is 0. The van der Waals surface area contributed by atoms with Crippen LogP contribution in [0.15, 0.2) is 35.8 Å². The van der Waals surface area contributed by atoms with Gasteiger partial charge in [-0.2, -0.15) is 0 Å². The summed E-state index contributed by atoms with van der Waals surface area (Å²) in [6.45, 7) is 7.18. The van der Waals surface area contributed by atoms with Gasteiger partial charge in [0.1, 0.15) is 0 Å². The van der Waals surface area contributed by atoms with E-state index < -0.39 is 0 Å². The van der Waals surface area contributed by atoms with Crippen molar-refractivity contribution in [2.45, 2.75) is 19.3 Å². The quantitative estimate of drug-likeness (QED) is 0.429. The van der Waals surface area contributed by atoms with Gasteiger partial charge in [-0.3, -0.25) is 0 Å². The van der Waals surface area contributed by atoms with Gasteiger partial charge in [-0.05, 0) is 19.3 Å². The fourth-order valence-electron chi connectivity index (χ4n) is 1.13. The van der Waals surface area contributed by atoms with Crippen molar-refractivity contribution in [3.05, 3.63) is 35.8 Å². The zero-order valence-corrected chi connectivity index (χ0v) is 5.54. The van der Waals surface area contributed by atoms with Crippen molar-refractivity contribution in [1.29, 1.82) is 0 Å². The number of allylic oxidation sites excluding steroid dienone is 2. The molecule has 1 rings (SSSR count). The Balaban J connectivity index is 3.01. The molecule has 0 N–H and O–H groups in total. The lowest BCUT2D eigenvalue weighted by molar-refractivity contribution is 0.933. The number of hydrogen-bond donors (Lipinski definition) is 0.